The molecule has 4 nitrogen and oxygen atoms in total. The molecule has 0 spiro atoms. The number of carbonyl (C=O) groups is 1. The third-order valence-electron chi connectivity index (χ3n) is 4.05. The second-order valence-electron chi connectivity index (χ2n) is 5.92. The van der Waals surface area contributed by atoms with Crippen LogP contribution in [0.3, 0.4) is 0 Å². The second-order valence-corrected chi connectivity index (χ2v) is 5.92. The summed E-state index contributed by atoms with van der Waals surface area (Å²) < 4.78 is 10.9. The average molecular weight is 359 g/mol. The van der Waals surface area contributed by atoms with Gasteiger partial charge in [0.15, 0.2) is 0 Å². The minimum absolute atomic E-state index is 0.0764. The van der Waals surface area contributed by atoms with Crippen LogP contribution in [-0.4, -0.2) is 26.2 Å². The molecular formula is C23H21NO3. The van der Waals surface area contributed by atoms with Crippen LogP contribution < -0.4 is 14.8 Å². The summed E-state index contributed by atoms with van der Waals surface area (Å²) >= 11 is 0. The summed E-state index contributed by atoms with van der Waals surface area (Å²) in [4.78, 5) is 12.0. The predicted octanol–water partition coefficient (Wildman–Crippen LogP) is 3.59. The second kappa shape index (κ2) is 9.30. The molecule has 0 aliphatic heterocycles. The quantitative estimate of drug-likeness (QED) is 0.684. The Morgan fingerprint density at radius 3 is 2.70 bits per heavy atom. The van der Waals surface area contributed by atoms with Gasteiger partial charge in [0.05, 0.1) is 20.1 Å². The van der Waals surface area contributed by atoms with Crippen molar-refractivity contribution in [3.63, 3.8) is 0 Å². The van der Waals surface area contributed by atoms with Gasteiger partial charge in [-0.15, -0.1) is 0 Å². The van der Waals surface area contributed by atoms with Gasteiger partial charge in [0.2, 0.25) is 5.91 Å². The van der Waals surface area contributed by atoms with Crippen LogP contribution in [0, 0.1) is 11.8 Å². The first-order valence-corrected chi connectivity index (χ1v) is 8.72. The number of rotatable bonds is 6. The molecule has 0 fully saturated rings. The van der Waals surface area contributed by atoms with Gasteiger partial charge in [0.25, 0.3) is 0 Å². The number of hydrogen-bond acceptors (Lipinski definition) is 3. The van der Waals surface area contributed by atoms with Gasteiger partial charge in [0, 0.05) is 5.39 Å². The van der Waals surface area contributed by atoms with Gasteiger partial charge in [-0.25, -0.2) is 0 Å². The first kappa shape index (κ1) is 18.3. The van der Waals surface area contributed by atoms with E-state index in [1.54, 1.807) is 7.11 Å². The zero-order chi connectivity index (χ0) is 18.9. The molecule has 0 saturated heterocycles. The number of nitrogens with one attached hydrogen (secondary N) is 1. The van der Waals surface area contributed by atoms with E-state index in [0.29, 0.717) is 13.0 Å². The van der Waals surface area contributed by atoms with Gasteiger partial charge in [0.1, 0.15) is 18.1 Å². The Balaban J connectivity index is 1.44. The largest absolute Gasteiger partial charge is 0.497 e. The number of ether oxygens (including phenoxy) is 2. The monoisotopic (exact) mass is 359 g/mol. The highest BCUT2D eigenvalue weighted by molar-refractivity contribution is 5.88. The SMILES string of the molecule is COc1cccc(CC(=O)NCC#CCOc2cccc3ccccc23)c1. The van der Waals surface area contributed by atoms with Crippen molar-refractivity contribution in [1.82, 2.24) is 5.32 Å². The summed E-state index contributed by atoms with van der Waals surface area (Å²) in [5.74, 6) is 7.32. The molecule has 136 valence electrons. The fourth-order valence-corrected chi connectivity index (χ4v) is 2.72. The highest BCUT2D eigenvalue weighted by atomic mass is 16.5. The minimum Gasteiger partial charge on any atom is -0.497 e. The maximum absolute atomic E-state index is 12.0. The number of carbonyl (C=O) groups excluding carboxylic acids is 1. The predicted molar refractivity (Wildman–Crippen MR) is 107 cm³/mol. The first-order chi connectivity index (χ1) is 13.3. The standard InChI is InChI=1S/C23H21NO3/c1-26-20-11-6-8-18(16-20)17-23(25)24-14-4-5-15-27-22-13-7-10-19-9-2-3-12-21(19)22/h2-3,6-13,16H,14-15,17H2,1H3,(H,24,25). The number of hydrogen-bond donors (Lipinski definition) is 1. The van der Waals surface area contributed by atoms with Crippen molar-refractivity contribution in [3.8, 4) is 23.3 Å². The molecule has 0 aliphatic rings. The number of amides is 1. The maximum atomic E-state index is 12.0. The van der Waals surface area contributed by atoms with Crippen molar-refractivity contribution in [1.29, 1.82) is 0 Å². The Labute approximate surface area is 159 Å². The van der Waals surface area contributed by atoms with Gasteiger partial charge in [-0.3, -0.25) is 4.79 Å². The molecule has 0 bridgehead atoms. The van der Waals surface area contributed by atoms with Crippen molar-refractivity contribution >= 4 is 16.7 Å². The van der Waals surface area contributed by atoms with E-state index in [4.69, 9.17) is 9.47 Å². The van der Waals surface area contributed by atoms with Gasteiger partial charge < -0.3 is 14.8 Å². The Bertz CT molecular complexity index is 980. The van der Waals surface area contributed by atoms with Gasteiger partial charge >= 0.3 is 0 Å². The van der Waals surface area contributed by atoms with E-state index in [-0.39, 0.29) is 12.5 Å². The summed E-state index contributed by atoms with van der Waals surface area (Å²) in [6, 6.07) is 21.5. The first-order valence-electron chi connectivity index (χ1n) is 8.72. The molecule has 0 unspecified atom stereocenters. The van der Waals surface area contributed by atoms with Crippen LogP contribution in [0.2, 0.25) is 0 Å². The van der Waals surface area contributed by atoms with E-state index in [0.717, 1.165) is 27.8 Å². The van der Waals surface area contributed by atoms with Crippen LogP contribution in [0.25, 0.3) is 10.8 Å². The third kappa shape index (κ3) is 5.26. The number of fused-ring (bicyclic) bond motifs is 1. The molecule has 3 rings (SSSR count). The lowest BCUT2D eigenvalue weighted by Gasteiger charge is -2.06. The summed E-state index contributed by atoms with van der Waals surface area (Å²) in [7, 11) is 1.61. The molecule has 3 aromatic rings. The van der Waals surface area contributed by atoms with Crippen LogP contribution in [0.4, 0.5) is 0 Å². The normalized spacial score (nSPS) is 9.96. The van der Waals surface area contributed by atoms with Crippen LogP contribution in [0.5, 0.6) is 11.5 Å². The summed E-state index contributed by atoms with van der Waals surface area (Å²) in [5.41, 5.74) is 0.902. The molecule has 4 heteroatoms. The highest BCUT2D eigenvalue weighted by Crippen LogP contribution is 2.24. The Hall–Kier alpha value is -3.45. The number of methoxy groups -OCH3 is 1. The van der Waals surface area contributed by atoms with Gasteiger partial charge in [-0.1, -0.05) is 60.4 Å². The minimum atomic E-state index is -0.0764. The average Bonchev–Trinajstić information content (AvgIpc) is 2.70. The van der Waals surface area contributed by atoms with Crippen LogP contribution >= 0.6 is 0 Å². The Morgan fingerprint density at radius 1 is 1.00 bits per heavy atom. The molecule has 0 heterocycles. The van der Waals surface area contributed by atoms with Crippen LogP contribution in [0.15, 0.2) is 66.7 Å². The van der Waals surface area contributed by atoms with E-state index in [2.05, 4.69) is 17.2 Å². The van der Waals surface area contributed by atoms with Crippen molar-refractivity contribution in [2.45, 2.75) is 6.42 Å². The fourth-order valence-electron chi connectivity index (χ4n) is 2.72. The topological polar surface area (TPSA) is 47.6 Å². The van der Waals surface area contributed by atoms with Crippen molar-refractivity contribution in [2.75, 3.05) is 20.3 Å². The zero-order valence-corrected chi connectivity index (χ0v) is 15.2. The van der Waals surface area contributed by atoms with Crippen molar-refractivity contribution in [3.05, 3.63) is 72.3 Å². The van der Waals surface area contributed by atoms with E-state index >= 15 is 0 Å². The lowest BCUT2D eigenvalue weighted by Crippen LogP contribution is -2.25. The van der Waals surface area contributed by atoms with E-state index in [9.17, 15) is 4.79 Å². The molecule has 0 aliphatic carbocycles. The summed E-state index contributed by atoms with van der Waals surface area (Å²) in [5, 5.41) is 4.98. The highest BCUT2D eigenvalue weighted by Gasteiger charge is 2.03. The van der Waals surface area contributed by atoms with E-state index in [1.165, 1.54) is 0 Å². The molecule has 0 atom stereocenters. The molecule has 0 aromatic heterocycles. The molecule has 0 radical (unpaired) electrons. The zero-order valence-electron chi connectivity index (χ0n) is 15.2. The molecule has 27 heavy (non-hydrogen) atoms. The third-order valence-corrected chi connectivity index (χ3v) is 4.05. The molecule has 1 N–H and O–H groups in total. The number of benzene rings is 3. The maximum Gasteiger partial charge on any atom is 0.225 e. The Morgan fingerprint density at radius 2 is 1.81 bits per heavy atom. The summed E-state index contributed by atoms with van der Waals surface area (Å²) in [6.45, 7) is 0.571. The molecule has 0 saturated carbocycles. The lowest BCUT2D eigenvalue weighted by molar-refractivity contribution is -0.120. The van der Waals surface area contributed by atoms with Crippen molar-refractivity contribution in [2.24, 2.45) is 0 Å². The summed E-state index contributed by atoms with van der Waals surface area (Å²) in [6.07, 6.45) is 0.297. The lowest BCUT2D eigenvalue weighted by atomic mass is 10.1. The van der Waals surface area contributed by atoms with Crippen LogP contribution in [-0.2, 0) is 11.2 Å². The van der Waals surface area contributed by atoms with E-state index in [1.807, 2.05) is 66.7 Å². The van der Waals surface area contributed by atoms with Gasteiger partial charge in [-0.05, 0) is 29.1 Å². The molecule has 1 amide bonds. The van der Waals surface area contributed by atoms with E-state index < -0.39 is 0 Å². The molecule has 3 aromatic carbocycles. The Kier molecular flexibility index (Phi) is 6.32. The smallest absolute Gasteiger partial charge is 0.225 e. The van der Waals surface area contributed by atoms with Gasteiger partial charge in [-0.2, -0.15) is 0 Å². The van der Waals surface area contributed by atoms with Crippen LogP contribution in [0.1, 0.15) is 5.56 Å². The fraction of sp³-hybridized carbons (Fsp3) is 0.174. The molecular weight excluding hydrogens is 338 g/mol. The van der Waals surface area contributed by atoms with Crippen molar-refractivity contribution < 1.29 is 14.3 Å².